The van der Waals surface area contributed by atoms with Crippen molar-refractivity contribution in [1.82, 2.24) is 0 Å². The molecule has 0 rings (SSSR count). The molecule has 0 aliphatic heterocycles. The Labute approximate surface area is 86.6 Å². The lowest BCUT2D eigenvalue weighted by Gasteiger charge is -2.07. The molecular weight excluding hydrogens is 180 g/mol. The van der Waals surface area contributed by atoms with Gasteiger partial charge >= 0.3 is 0 Å². The molecule has 0 aromatic rings. The van der Waals surface area contributed by atoms with Crippen LogP contribution in [0.15, 0.2) is 12.7 Å². The van der Waals surface area contributed by atoms with Crippen molar-refractivity contribution in [1.29, 1.82) is 0 Å². The molecule has 1 atom stereocenters. The van der Waals surface area contributed by atoms with E-state index in [0.717, 1.165) is 31.4 Å². The van der Waals surface area contributed by atoms with E-state index in [0.29, 0.717) is 0 Å². The highest BCUT2D eigenvalue weighted by Gasteiger charge is 2.01. The third-order valence-corrected chi connectivity index (χ3v) is 2.98. The van der Waals surface area contributed by atoms with Gasteiger partial charge in [0.1, 0.15) is 0 Å². The molecule has 0 radical (unpaired) electrons. The minimum Gasteiger partial charge on any atom is -0.393 e. The Bertz CT molecular complexity index is 115. The first-order valence-corrected chi connectivity index (χ1v) is 6.33. The first-order chi connectivity index (χ1) is 6.31. The second-order valence-electron chi connectivity index (χ2n) is 3.30. The summed E-state index contributed by atoms with van der Waals surface area (Å²) in [6.07, 6.45) is 7.28. The van der Waals surface area contributed by atoms with Gasteiger partial charge in [-0.15, -0.1) is 6.58 Å². The monoisotopic (exact) mass is 202 g/mol. The highest BCUT2D eigenvalue weighted by atomic mass is 32.2. The van der Waals surface area contributed by atoms with Crippen LogP contribution in [-0.2, 0) is 0 Å². The molecule has 0 spiro atoms. The first-order valence-electron chi connectivity index (χ1n) is 5.18. The van der Waals surface area contributed by atoms with Crippen molar-refractivity contribution >= 4 is 11.8 Å². The van der Waals surface area contributed by atoms with Crippen molar-refractivity contribution in [2.75, 3.05) is 11.5 Å². The largest absolute Gasteiger partial charge is 0.393 e. The summed E-state index contributed by atoms with van der Waals surface area (Å²) in [5, 5.41) is 9.43. The topological polar surface area (TPSA) is 20.2 Å². The summed E-state index contributed by atoms with van der Waals surface area (Å²) >= 11 is 1.92. The van der Waals surface area contributed by atoms with Crippen LogP contribution in [0.4, 0.5) is 0 Å². The van der Waals surface area contributed by atoms with Gasteiger partial charge in [-0.2, -0.15) is 11.8 Å². The highest BCUT2D eigenvalue weighted by molar-refractivity contribution is 7.99. The van der Waals surface area contributed by atoms with E-state index in [1.165, 1.54) is 12.2 Å². The molecule has 1 N–H and O–H groups in total. The average Bonchev–Trinajstić information content (AvgIpc) is 2.11. The molecule has 0 bridgehead atoms. The number of hydrogen-bond donors (Lipinski definition) is 1. The third kappa shape index (κ3) is 9.97. The van der Waals surface area contributed by atoms with Crippen molar-refractivity contribution in [3.8, 4) is 0 Å². The zero-order chi connectivity index (χ0) is 9.94. The number of unbranched alkanes of at least 4 members (excludes halogenated alkanes) is 1. The summed E-state index contributed by atoms with van der Waals surface area (Å²) in [6.45, 7) is 5.78. The van der Waals surface area contributed by atoms with E-state index in [9.17, 15) is 5.11 Å². The summed E-state index contributed by atoms with van der Waals surface area (Å²) in [7, 11) is 0. The van der Waals surface area contributed by atoms with E-state index in [-0.39, 0.29) is 6.10 Å². The van der Waals surface area contributed by atoms with Gasteiger partial charge in [-0.3, -0.25) is 0 Å². The lowest BCUT2D eigenvalue weighted by Crippen LogP contribution is -2.05. The summed E-state index contributed by atoms with van der Waals surface area (Å²) in [4.78, 5) is 0. The highest BCUT2D eigenvalue weighted by Crippen LogP contribution is 2.10. The van der Waals surface area contributed by atoms with Crippen LogP contribution >= 0.6 is 11.8 Å². The molecule has 1 nitrogen and oxygen atoms in total. The molecule has 1 unspecified atom stereocenters. The first kappa shape index (κ1) is 13.1. The van der Waals surface area contributed by atoms with Gasteiger partial charge in [0.2, 0.25) is 0 Å². The van der Waals surface area contributed by atoms with Gasteiger partial charge in [-0.05, 0) is 25.0 Å². The number of aliphatic hydroxyl groups excluding tert-OH is 1. The van der Waals surface area contributed by atoms with Crippen molar-refractivity contribution < 1.29 is 5.11 Å². The standard InChI is InChI=1S/C11H22OS/c1-3-7-11(12)8-5-6-10-13-9-4-2/h4,11-12H,2-3,5-10H2,1H3. The molecule has 0 aliphatic carbocycles. The van der Waals surface area contributed by atoms with Crippen molar-refractivity contribution in [2.24, 2.45) is 0 Å². The Kier molecular flexibility index (Phi) is 10.2. The summed E-state index contributed by atoms with van der Waals surface area (Å²) in [5.41, 5.74) is 0. The number of thioether (sulfide) groups is 1. The normalized spacial score (nSPS) is 12.8. The molecule has 78 valence electrons. The van der Waals surface area contributed by atoms with Crippen molar-refractivity contribution in [3.05, 3.63) is 12.7 Å². The number of hydrogen-bond acceptors (Lipinski definition) is 2. The maximum Gasteiger partial charge on any atom is 0.0540 e. The van der Waals surface area contributed by atoms with Crippen LogP contribution in [0.2, 0.25) is 0 Å². The van der Waals surface area contributed by atoms with Gasteiger partial charge in [0, 0.05) is 5.75 Å². The Morgan fingerprint density at radius 1 is 1.38 bits per heavy atom. The van der Waals surface area contributed by atoms with Gasteiger partial charge in [-0.25, -0.2) is 0 Å². The molecule has 0 aromatic carbocycles. The Balaban J connectivity index is 3.01. The minimum atomic E-state index is -0.0607. The van der Waals surface area contributed by atoms with Crippen LogP contribution in [0.25, 0.3) is 0 Å². The van der Waals surface area contributed by atoms with Gasteiger partial charge in [0.25, 0.3) is 0 Å². The molecule has 0 aromatic heterocycles. The van der Waals surface area contributed by atoms with E-state index in [1.807, 2.05) is 17.8 Å². The molecule has 0 saturated heterocycles. The third-order valence-electron chi connectivity index (χ3n) is 1.93. The van der Waals surface area contributed by atoms with Crippen LogP contribution in [0.3, 0.4) is 0 Å². The molecule has 0 saturated carbocycles. The maximum absolute atomic E-state index is 9.43. The zero-order valence-electron chi connectivity index (χ0n) is 8.67. The van der Waals surface area contributed by atoms with Gasteiger partial charge in [0.15, 0.2) is 0 Å². The lowest BCUT2D eigenvalue weighted by molar-refractivity contribution is 0.151. The summed E-state index contributed by atoms with van der Waals surface area (Å²) < 4.78 is 0. The predicted octanol–water partition coefficient (Wildman–Crippen LogP) is 3.24. The van der Waals surface area contributed by atoms with Crippen molar-refractivity contribution in [3.63, 3.8) is 0 Å². The Morgan fingerprint density at radius 3 is 2.77 bits per heavy atom. The molecule has 2 heteroatoms. The Hall–Kier alpha value is 0.0500. The Morgan fingerprint density at radius 2 is 2.15 bits per heavy atom. The molecule has 13 heavy (non-hydrogen) atoms. The molecular formula is C11H22OS. The number of rotatable bonds is 9. The van der Waals surface area contributed by atoms with Crippen LogP contribution in [0, 0.1) is 0 Å². The molecule has 0 amide bonds. The van der Waals surface area contributed by atoms with E-state index >= 15 is 0 Å². The van der Waals surface area contributed by atoms with Crippen LogP contribution in [0.1, 0.15) is 39.0 Å². The number of aliphatic hydroxyl groups is 1. The fourth-order valence-electron chi connectivity index (χ4n) is 1.23. The second kappa shape index (κ2) is 10.1. The predicted molar refractivity (Wildman–Crippen MR) is 62.3 cm³/mol. The van der Waals surface area contributed by atoms with Crippen molar-refractivity contribution in [2.45, 2.75) is 45.1 Å². The smallest absolute Gasteiger partial charge is 0.0540 e. The minimum absolute atomic E-state index is 0.0607. The van der Waals surface area contributed by atoms with Crippen LogP contribution in [0.5, 0.6) is 0 Å². The zero-order valence-corrected chi connectivity index (χ0v) is 9.48. The quantitative estimate of drug-likeness (QED) is 0.457. The summed E-state index contributed by atoms with van der Waals surface area (Å²) in [5.74, 6) is 2.25. The van der Waals surface area contributed by atoms with Gasteiger partial charge in [0.05, 0.1) is 6.10 Å². The maximum atomic E-state index is 9.43. The second-order valence-corrected chi connectivity index (χ2v) is 4.45. The van der Waals surface area contributed by atoms with E-state index in [1.54, 1.807) is 0 Å². The average molecular weight is 202 g/mol. The van der Waals surface area contributed by atoms with Crippen LogP contribution in [-0.4, -0.2) is 22.7 Å². The SMILES string of the molecule is C=CCSCCCCC(O)CCC. The molecule has 0 fully saturated rings. The summed E-state index contributed by atoms with van der Waals surface area (Å²) in [6, 6.07) is 0. The fraction of sp³-hybridized carbons (Fsp3) is 0.818. The van der Waals surface area contributed by atoms with E-state index in [2.05, 4.69) is 13.5 Å². The molecule has 0 heterocycles. The van der Waals surface area contributed by atoms with Gasteiger partial charge < -0.3 is 5.11 Å². The van der Waals surface area contributed by atoms with E-state index < -0.39 is 0 Å². The van der Waals surface area contributed by atoms with Gasteiger partial charge in [-0.1, -0.05) is 25.8 Å². The fourth-order valence-corrected chi connectivity index (χ4v) is 1.97. The van der Waals surface area contributed by atoms with E-state index in [4.69, 9.17) is 0 Å². The van der Waals surface area contributed by atoms with Crippen LogP contribution < -0.4 is 0 Å². The lowest BCUT2D eigenvalue weighted by atomic mass is 10.1. The molecule has 0 aliphatic rings.